The van der Waals surface area contributed by atoms with Gasteiger partial charge in [-0.25, -0.2) is 0 Å². The normalized spacial score (nSPS) is 41.9. The molecule has 0 spiro atoms. The van der Waals surface area contributed by atoms with Gasteiger partial charge in [0.25, 0.3) is 0 Å². The third kappa shape index (κ3) is 10.1. The Bertz CT molecular complexity index is 1010. The first-order valence-electron chi connectivity index (χ1n) is 16.2. The molecule has 0 aromatic heterocycles. The number of rotatable bonds is 7. The highest BCUT2D eigenvalue weighted by Crippen LogP contribution is 2.36. The largest absolute Gasteiger partial charge is 0.462 e. The minimum Gasteiger partial charge on any atom is -0.462 e. The second kappa shape index (κ2) is 17.4. The van der Waals surface area contributed by atoms with E-state index in [0.29, 0.717) is 32.5 Å². The van der Waals surface area contributed by atoms with Crippen LogP contribution >= 0.6 is 0 Å². The minimum absolute atomic E-state index is 0.113. The Kier molecular flexibility index (Phi) is 14.6. The predicted octanol–water partition coefficient (Wildman–Crippen LogP) is 1.58. The van der Waals surface area contributed by atoms with Crippen molar-refractivity contribution in [2.75, 3.05) is 33.9 Å². The smallest absolute Gasteiger partial charge is 0.308 e. The molecule has 4 N–H and O–H groups in total. The summed E-state index contributed by atoms with van der Waals surface area (Å²) in [5.41, 5.74) is 0.741. The lowest BCUT2D eigenvalue weighted by Gasteiger charge is -2.46. The Hall–Kier alpha value is -1.74. The van der Waals surface area contributed by atoms with Gasteiger partial charge in [-0.15, -0.1) is 0 Å². The molecule has 3 aliphatic rings. The molecular formula is C33H55NO11. The van der Waals surface area contributed by atoms with Crippen LogP contribution in [0.2, 0.25) is 0 Å². The summed E-state index contributed by atoms with van der Waals surface area (Å²) in [6, 6.07) is -0.688. The molecule has 2 fully saturated rings. The maximum absolute atomic E-state index is 13.4. The van der Waals surface area contributed by atoms with E-state index in [1.807, 2.05) is 20.8 Å². The number of carbonyl (C=O) groups excluding carboxylic acids is 2. The van der Waals surface area contributed by atoms with E-state index in [2.05, 4.69) is 0 Å². The van der Waals surface area contributed by atoms with Crippen molar-refractivity contribution in [3.8, 4) is 0 Å². The van der Waals surface area contributed by atoms with Crippen molar-refractivity contribution in [2.24, 2.45) is 23.7 Å². The van der Waals surface area contributed by atoms with Crippen LogP contribution in [0.3, 0.4) is 0 Å². The molecule has 0 amide bonds. The summed E-state index contributed by atoms with van der Waals surface area (Å²) in [6.07, 6.45) is -1.52. The lowest BCUT2D eigenvalue weighted by atomic mass is 9.79. The van der Waals surface area contributed by atoms with Crippen LogP contribution in [0, 0.1) is 23.7 Å². The van der Waals surface area contributed by atoms with Gasteiger partial charge in [0.05, 0.1) is 56.7 Å². The molecule has 0 aromatic carbocycles. The first-order chi connectivity index (χ1) is 21.3. The third-order valence-corrected chi connectivity index (χ3v) is 9.35. The maximum Gasteiger partial charge on any atom is 0.308 e. The van der Waals surface area contributed by atoms with Crippen LogP contribution in [-0.2, 0) is 33.3 Å². The van der Waals surface area contributed by atoms with Gasteiger partial charge in [-0.2, -0.15) is 0 Å². The van der Waals surface area contributed by atoms with E-state index in [9.17, 15) is 30.0 Å². The zero-order valence-electron chi connectivity index (χ0n) is 27.8. The molecule has 258 valence electrons. The van der Waals surface area contributed by atoms with E-state index in [1.165, 1.54) is 6.08 Å². The summed E-state index contributed by atoms with van der Waals surface area (Å²) in [7, 11) is 3.49. The first-order valence-corrected chi connectivity index (χ1v) is 16.2. The van der Waals surface area contributed by atoms with Gasteiger partial charge in [0, 0.05) is 24.2 Å². The minimum atomic E-state index is -1.24. The lowest BCUT2D eigenvalue weighted by molar-refractivity contribution is -0.305. The Balaban J connectivity index is 2.03. The zero-order valence-corrected chi connectivity index (χ0v) is 27.8. The Morgan fingerprint density at radius 1 is 1.02 bits per heavy atom. The second-order valence-corrected chi connectivity index (χ2v) is 13.1. The Morgan fingerprint density at radius 2 is 1.69 bits per heavy atom. The summed E-state index contributed by atoms with van der Waals surface area (Å²) in [6.45, 7) is 9.52. The highest BCUT2D eigenvalue weighted by Gasteiger charge is 2.47. The number of hydrogen-bond donors (Lipinski definition) is 4. The topological polar surface area (TPSA) is 164 Å². The molecule has 2 saturated heterocycles. The fraction of sp³-hybridized carbons (Fsp3) is 0.818. The molecule has 3 rings (SSSR count). The highest BCUT2D eigenvalue weighted by molar-refractivity contribution is 5.91. The number of carbonyl (C=O) groups is 2. The van der Waals surface area contributed by atoms with E-state index >= 15 is 0 Å². The molecule has 12 heteroatoms. The molecule has 0 bridgehead atoms. The van der Waals surface area contributed by atoms with Crippen molar-refractivity contribution >= 4 is 11.8 Å². The monoisotopic (exact) mass is 641 g/mol. The van der Waals surface area contributed by atoms with Crippen LogP contribution < -0.4 is 0 Å². The average molecular weight is 642 g/mol. The van der Waals surface area contributed by atoms with Crippen LogP contribution in [0.15, 0.2) is 23.8 Å². The molecule has 0 radical (unpaired) electrons. The van der Waals surface area contributed by atoms with Crippen LogP contribution in [0.4, 0.5) is 0 Å². The number of cyclic esters (lactones) is 1. The highest BCUT2D eigenvalue weighted by atomic mass is 16.7. The Morgan fingerprint density at radius 3 is 2.29 bits per heavy atom. The molecule has 12 nitrogen and oxygen atoms in total. The van der Waals surface area contributed by atoms with Gasteiger partial charge in [0.15, 0.2) is 18.4 Å². The molecule has 0 aliphatic carbocycles. The number of esters is 1. The molecule has 3 heterocycles. The first kappa shape index (κ1) is 37.7. The average Bonchev–Trinajstić information content (AvgIpc) is 3.50. The maximum atomic E-state index is 13.4. The predicted molar refractivity (Wildman–Crippen MR) is 165 cm³/mol. The van der Waals surface area contributed by atoms with Crippen molar-refractivity contribution < 1.29 is 53.7 Å². The number of allylic oxidation sites excluding steroid dienone is 3. The summed E-state index contributed by atoms with van der Waals surface area (Å²) < 4.78 is 29.8. The van der Waals surface area contributed by atoms with Gasteiger partial charge in [-0.05, 0) is 52.8 Å². The fourth-order valence-electron chi connectivity index (χ4n) is 6.60. The number of nitrogens with zero attached hydrogens (tertiary/aromatic N) is 1. The van der Waals surface area contributed by atoms with Crippen molar-refractivity contribution in [2.45, 2.75) is 116 Å². The van der Waals surface area contributed by atoms with Crippen LogP contribution in [0.25, 0.3) is 0 Å². The molecule has 3 aliphatic heterocycles. The van der Waals surface area contributed by atoms with Crippen molar-refractivity contribution in [1.29, 1.82) is 0 Å². The van der Waals surface area contributed by atoms with Gasteiger partial charge in [-0.3, -0.25) is 9.59 Å². The number of ether oxygens (including phenoxy) is 5. The van der Waals surface area contributed by atoms with Crippen LogP contribution in [0.1, 0.15) is 60.3 Å². The van der Waals surface area contributed by atoms with Crippen molar-refractivity contribution in [3.63, 3.8) is 0 Å². The second-order valence-electron chi connectivity index (χ2n) is 13.1. The molecular weight excluding hydrogens is 586 g/mol. The lowest BCUT2D eigenvalue weighted by Crippen LogP contribution is -2.63. The van der Waals surface area contributed by atoms with E-state index in [-0.39, 0.29) is 18.8 Å². The van der Waals surface area contributed by atoms with Gasteiger partial charge < -0.3 is 49.0 Å². The van der Waals surface area contributed by atoms with Crippen molar-refractivity contribution in [1.82, 2.24) is 4.90 Å². The number of likely N-dealkylation sites (N-methyl/N-ethyl adjacent to an activating group) is 1. The van der Waals surface area contributed by atoms with Crippen LogP contribution in [0.5, 0.6) is 0 Å². The molecule has 45 heavy (non-hydrogen) atoms. The van der Waals surface area contributed by atoms with Gasteiger partial charge in [0.1, 0.15) is 12.2 Å². The van der Waals surface area contributed by atoms with Gasteiger partial charge in [-0.1, -0.05) is 38.5 Å². The zero-order chi connectivity index (χ0) is 33.4. The SMILES string of the molecule is CCC1OC(=O)CC(O)C(C)C(O[C@@H]2O[C@H](C)[C@@H](O)[C@H](N(C)C)[C@H]2O)C(CC2OCCO2)CC(C)C(=O)/C=C\C(C)=C/C1CO. The van der Waals surface area contributed by atoms with E-state index < -0.39 is 84.9 Å². The number of hydrogen-bond acceptors (Lipinski definition) is 12. The van der Waals surface area contributed by atoms with E-state index in [0.717, 1.165) is 5.57 Å². The van der Waals surface area contributed by atoms with Crippen LogP contribution in [-0.4, -0.2) is 126 Å². The Labute approximate surface area is 267 Å². The number of aliphatic hydroxyl groups excluding tert-OH is 4. The van der Waals surface area contributed by atoms with E-state index in [1.54, 1.807) is 45.0 Å². The number of aliphatic hydroxyl groups is 4. The molecule has 0 aromatic rings. The summed E-state index contributed by atoms with van der Waals surface area (Å²) in [5.74, 6) is -2.80. The third-order valence-electron chi connectivity index (χ3n) is 9.35. The van der Waals surface area contributed by atoms with Crippen molar-refractivity contribution in [3.05, 3.63) is 23.8 Å². The standard InChI is InChI=1S/C33H55NO11/c1-8-26-23(17-35)13-18(2)9-10-24(36)19(3)14-22(15-28-41-11-12-42-28)32(20(4)25(37)16-27(38)44-26)45-33-31(40)29(34(6)7)30(39)21(5)43-33/h9-10,13,19-23,25-26,28-33,35,37,39-40H,8,11-12,14-17H2,1-7H3/b10-9-,18-13-/t19?,20?,21-,22?,23?,25?,26?,29+,30-,31-,32?,33+/m1/s1. The van der Waals surface area contributed by atoms with Gasteiger partial charge >= 0.3 is 5.97 Å². The quantitative estimate of drug-likeness (QED) is 0.297. The summed E-state index contributed by atoms with van der Waals surface area (Å²) in [5, 5.41) is 43.6. The number of ketones is 1. The molecule has 7 unspecified atom stereocenters. The summed E-state index contributed by atoms with van der Waals surface area (Å²) in [4.78, 5) is 28.2. The van der Waals surface area contributed by atoms with Gasteiger partial charge in [0.2, 0.25) is 0 Å². The summed E-state index contributed by atoms with van der Waals surface area (Å²) >= 11 is 0. The fourth-order valence-corrected chi connectivity index (χ4v) is 6.60. The molecule has 12 atom stereocenters. The molecule has 0 saturated carbocycles. The van der Waals surface area contributed by atoms with E-state index in [4.69, 9.17) is 23.7 Å².